The molecule has 0 spiro atoms. The predicted octanol–water partition coefficient (Wildman–Crippen LogP) is 3.22. The van der Waals surface area contributed by atoms with Gasteiger partial charge in [0.05, 0.1) is 5.69 Å². The Hall–Kier alpha value is -1.29. The topological polar surface area (TPSA) is 21.1 Å². The molecule has 0 bridgehead atoms. The van der Waals surface area contributed by atoms with Gasteiger partial charge in [0.1, 0.15) is 10.4 Å². The van der Waals surface area contributed by atoms with Crippen molar-refractivity contribution in [1.82, 2.24) is 9.55 Å². The molecule has 1 aromatic heterocycles. The van der Waals surface area contributed by atoms with E-state index >= 15 is 0 Å². The normalized spacial score (nSPS) is 10.6. The van der Waals surface area contributed by atoms with Crippen molar-refractivity contribution in [3.05, 3.63) is 34.7 Å². The Morgan fingerprint density at radius 3 is 2.18 bits per heavy atom. The highest BCUT2D eigenvalue weighted by atomic mass is 79.9. The molecule has 2 rings (SSSR count). The summed E-state index contributed by atoms with van der Waals surface area (Å²) in [5.74, 6) is 1.00. The van der Waals surface area contributed by atoms with Crippen molar-refractivity contribution in [3.63, 3.8) is 0 Å². The van der Waals surface area contributed by atoms with Crippen molar-refractivity contribution in [2.24, 2.45) is 7.05 Å². The molecule has 1 heterocycles. The largest absolute Gasteiger partial charge is 0.378 e. The van der Waals surface area contributed by atoms with Gasteiger partial charge in [-0.15, -0.1) is 0 Å². The van der Waals surface area contributed by atoms with E-state index in [-0.39, 0.29) is 0 Å². The molecule has 0 N–H and O–H groups in total. The predicted molar refractivity (Wildman–Crippen MR) is 75.4 cm³/mol. The minimum absolute atomic E-state index is 0.898. The maximum absolute atomic E-state index is 4.41. The Bertz CT molecular complexity index is 526. The lowest BCUT2D eigenvalue weighted by Gasteiger charge is -2.13. The van der Waals surface area contributed by atoms with Crippen LogP contribution in [0.2, 0.25) is 0 Å². The molecule has 0 fully saturated rings. The van der Waals surface area contributed by atoms with Gasteiger partial charge in [-0.05, 0) is 35.0 Å². The van der Waals surface area contributed by atoms with Crippen LogP contribution in [0.1, 0.15) is 5.82 Å². The molecule has 0 amide bonds. The number of halogens is 1. The average Bonchev–Trinajstić information content (AvgIpc) is 2.53. The van der Waals surface area contributed by atoms with Crippen LogP contribution >= 0.6 is 15.9 Å². The van der Waals surface area contributed by atoms with E-state index in [9.17, 15) is 0 Å². The van der Waals surface area contributed by atoms with E-state index in [4.69, 9.17) is 0 Å². The summed E-state index contributed by atoms with van der Waals surface area (Å²) in [4.78, 5) is 6.50. The van der Waals surface area contributed by atoms with Gasteiger partial charge in [0, 0.05) is 32.4 Å². The molecule has 0 saturated heterocycles. The quantitative estimate of drug-likeness (QED) is 0.848. The van der Waals surface area contributed by atoms with Gasteiger partial charge < -0.3 is 9.47 Å². The van der Waals surface area contributed by atoms with Crippen LogP contribution in [0.4, 0.5) is 5.69 Å². The molecule has 4 heteroatoms. The van der Waals surface area contributed by atoms with Gasteiger partial charge in [0.15, 0.2) is 0 Å². The van der Waals surface area contributed by atoms with Gasteiger partial charge >= 0.3 is 0 Å². The van der Waals surface area contributed by atoms with Crippen LogP contribution in [-0.2, 0) is 7.05 Å². The van der Waals surface area contributed by atoms with Crippen molar-refractivity contribution >= 4 is 21.6 Å². The van der Waals surface area contributed by atoms with Gasteiger partial charge in [0.2, 0.25) is 0 Å². The zero-order chi connectivity index (χ0) is 12.6. The second kappa shape index (κ2) is 4.53. The molecule has 2 aromatic rings. The number of rotatable bonds is 2. The second-order valence-corrected chi connectivity index (χ2v) is 5.05. The van der Waals surface area contributed by atoms with E-state index in [0.29, 0.717) is 0 Å². The minimum atomic E-state index is 0.898. The average molecular weight is 294 g/mol. The van der Waals surface area contributed by atoms with Crippen molar-refractivity contribution in [2.75, 3.05) is 19.0 Å². The standard InChI is InChI=1S/C13H16BrN3/c1-9-15-13(14)12(17(9)4)10-5-7-11(8-6-10)16(2)3/h5-8H,1-4H3. The number of aromatic nitrogens is 2. The van der Waals surface area contributed by atoms with E-state index in [1.54, 1.807) is 0 Å². The lowest BCUT2D eigenvalue weighted by Crippen LogP contribution is -2.08. The lowest BCUT2D eigenvalue weighted by molar-refractivity contribution is 0.865. The SMILES string of the molecule is Cc1nc(Br)c(-c2ccc(N(C)C)cc2)n1C. The van der Waals surface area contributed by atoms with Crippen molar-refractivity contribution in [2.45, 2.75) is 6.92 Å². The third kappa shape index (κ3) is 2.22. The zero-order valence-electron chi connectivity index (χ0n) is 10.5. The molecular weight excluding hydrogens is 278 g/mol. The fourth-order valence-corrected chi connectivity index (χ4v) is 2.55. The maximum atomic E-state index is 4.41. The van der Waals surface area contributed by atoms with Crippen molar-refractivity contribution in [3.8, 4) is 11.3 Å². The van der Waals surface area contributed by atoms with Crippen molar-refractivity contribution < 1.29 is 0 Å². The molecule has 0 aliphatic carbocycles. The number of anilines is 1. The molecule has 0 saturated carbocycles. The first-order valence-electron chi connectivity index (χ1n) is 5.47. The fourth-order valence-electron chi connectivity index (χ4n) is 1.80. The number of aryl methyl sites for hydroxylation is 1. The smallest absolute Gasteiger partial charge is 0.132 e. The Morgan fingerprint density at radius 2 is 1.76 bits per heavy atom. The first-order valence-corrected chi connectivity index (χ1v) is 6.26. The Labute approximate surface area is 110 Å². The van der Waals surface area contributed by atoms with E-state index < -0.39 is 0 Å². The Kier molecular flexibility index (Phi) is 3.24. The minimum Gasteiger partial charge on any atom is -0.378 e. The number of hydrogen-bond donors (Lipinski definition) is 0. The van der Waals surface area contributed by atoms with Crippen LogP contribution in [0.3, 0.4) is 0 Å². The highest BCUT2D eigenvalue weighted by Crippen LogP contribution is 2.29. The van der Waals surface area contributed by atoms with E-state index in [1.165, 1.54) is 11.3 Å². The lowest BCUT2D eigenvalue weighted by atomic mass is 10.1. The summed E-state index contributed by atoms with van der Waals surface area (Å²) in [5, 5.41) is 0. The van der Waals surface area contributed by atoms with Crippen LogP contribution in [0.15, 0.2) is 28.9 Å². The first kappa shape index (κ1) is 12.2. The molecule has 0 aliphatic rings. The van der Waals surface area contributed by atoms with Crippen LogP contribution in [0.25, 0.3) is 11.3 Å². The third-order valence-electron chi connectivity index (χ3n) is 2.93. The molecule has 0 atom stereocenters. The zero-order valence-corrected chi connectivity index (χ0v) is 12.1. The molecule has 0 aliphatic heterocycles. The first-order chi connectivity index (χ1) is 8.00. The van der Waals surface area contributed by atoms with Gasteiger partial charge in [0.25, 0.3) is 0 Å². The van der Waals surface area contributed by atoms with E-state index in [1.807, 2.05) is 28.1 Å². The summed E-state index contributed by atoms with van der Waals surface area (Å²) in [6.45, 7) is 2.00. The third-order valence-corrected chi connectivity index (χ3v) is 3.49. The molecule has 90 valence electrons. The van der Waals surface area contributed by atoms with E-state index in [0.717, 1.165) is 16.1 Å². The van der Waals surface area contributed by atoms with Crippen molar-refractivity contribution in [1.29, 1.82) is 0 Å². The van der Waals surface area contributed by atoms with Gasteiger partial charge in [-0.25, -0.2) is 4.98 Å². The van der Waals surface area contributed by atoms with Gasteiger partial charge in [-0.3, -0.25) is 0 Å². The summed E-state index contributed by atoms with van der Waals surface area (Å²) in [6, 6.07) is 8.47. The second-order valence-electron chi connectivity index (χ2n) is 4.30. The number of nitrogens with zero attached hydrogens (tertiary/aromatic N) is 3. The monoisotopic (exact) mass is 293 g/mol. The van der Waals surface area contributed by atoms with Gasteiger partial charge in [-0.1, -0.05) is 12.1 Å². The van der Waals surface area contributed by atoms with Gasteiger partial charge in [-0.2, -0.15) is 0 Å². The molecule has 0 unspecified atom stereocenters. The van der Waals surface area contributed by atoms with Crippen LogP contribution < -0.4 is 4.90 Å². The molecule has 3 nitrogen and oxygen atoms in total. The summed E-state index contributed by atoms with van der Waals surface area (Å²) < 4.78 is 2.99. The van der Waals surface area contributed by atoms with E-state index in [2.05, 4.69) is 54.6 Å². The molecule has 1 aromatic carbocycles. The Morgan fingerprint density at radius 1 is 1.18 bits per heavy atom. The van der Waals surface area contributed by atoms with Crippen LogP contribution in [-0.4, -0.2) is 23.6 Å². The summed E-state index contributed by atoms with van der Waals surface area (Å²) in [7, 11) is 6.11. The highest BCUT2D eigenvalue weighted by Gasteiger charge is 2.11. The molecule has 0 radical (unpaired) electrons. The molecule has 17 heavy (non-hydrogen) atoms. The number of benzene rings is 1. The summed E-state index contributed by atoms with van der Waals surface area (Å²) in [5.41, 5.74) is 3.49. The summed E-state index contributed by atoms with van der Waals surface area (Å²) >= 11 is 3.51. The van der Waals surface area contributed by atoms with Crippen LogP contribution in [0.5, 0.6) is 0 Å². The summed E-state index contributed by atoms with van der Waals surface area (Å²) in [6.07, 6.45) is 0. The fraction of sp³-hybridized carbons (Fsp3) is 0.308. The number of hydrogen-bond acceptors (Lipinski definition) is 2. The number of imidazole rings is 1. The Balaban J connectivity index is 2.47. The van der Waals surface area contributed by atoms with Crippen LogP contribution in [0, 0.1) is 6.92 Å². The maximum Gasteiger partial charge on any atom is 0.132 e. The molecular formula is C13H16BrN3. The highest BCUT2D eigenvalue weighted by molar-refractivity contribution is 9.10.